The van der Waals surface area contributed by atoms with Gasteiger partial charge < -0.3 is 15.0 Å². The molecule has 2 aromatic carbocycles. The van der Waals surface area contributed by atoms with Crippen LogP contribution in [0.5, 0.6) is 5.75 Å². The first kappa shape index (κ1) is 21.8. The van der Waals surface area contributed by atoms with Gasteiger partial charge in [-0.25, -0.2) is 9.78 Å². The van der Waals surface area contributed by atoms with Crippen LogP contribution in [0.25, 0.3) is 11.1 Å². The van der Waals surface area contributed by atoms with Gasteiger partial charge in [0.25, 0.3) is 0 Å². The van der Waals surface area contributed by atoms with Crippen LogP contribution < -0.4 is 15.0 Å². The third-order valence-electron chi connectivity index (χ3n) is 5.37. The largest absolute Gasteiger partial charge is 0.421 e. The molecule has 0 saturated carbocycles. The van der Waals surface area contributed by atoms with E-state index in [-0.39, 0.29) is 5.56 Å². The number of piperazine rings is 1. The van der Waals surface area contributed by atoms with Crippen LogP contribution in [0.2, 0.25) is 0 Å². The summed E-state index contributed by atoms with van der Waals surface area (Å²) < 4.78 is 44.3. The summed E-state index contributed by atoms with van der Waals surface area (Å²) in [4.78, 5) is 19.5. The zero-order valence-corrected chi connectivity index (χ0v) is 17.4. The SMILES string of the molecule is Cc1cccc(C(=O)Oc2ccc(N3CCNCC3)nc2)c1-c1ccc(C(F)(F)F)cc1. The average Bonchev–Trinajstić information content (AvgIpc) is 2.79. The van der Waals surface area contributed by atoms with Crippen molar-refractivity contribution in [1.29, 1.82) is 0 Å². The number of hydrogen-bond donors (Lipinski definition) is 1. The Morgan fingerprint density at radius 1 is 1.03 bits per heavy atom. The van der Waals surface area contributed by atoms with Crippen molar-refractivity contribution in [3.8, 4) is 16.9 Å². The Kier molecular flexibility index (Phi) is 6.14. The van der Waals surface area contributed by atoms with Gasteiger partial charge in [-0.2, -0.15) is 13.2 Å². The normalized spacial score (nSPS) is 14.3. The third-order valence-corrected chi connectivity index (χ3v) is 5.37. The molecule has 0 spiro atoms. The number of aromatic nitrogens is 1. The maximum atomic E-state index is 12.9. The summed E-state index contributed by atoms with van der Waals surface area (Å²) >= 11 is 0. The number of nitrogens with one attached hydrogen (secondary N) is 1. The smallest absolute Gasteiger partial charge is 0.416 e. The molecule has 1 aromatic heterocycles. The summed E-state index contributed by atoms with van der Waals surface area (Å²) in [6.07, 6.45) is -2.92. The number of pyridine rings is 1. The van der Waals surface area contributed by atoms with E-state index in [1.165, 1.54) is 18.3 Å². The van der Waals surface area contributed by atoms with Crippen LogP contribution in [0.15, 0.2) is 60.8 Å². The van der Waals surface area contributed by atoms with Crippen molar-refractivity contribution in [2.45, 2.75) is 13.1 Å². The van der Waals surface area contributed by atoms with E-state index < -0.39 is 17.7 Å². The van der Waals surface area contributed by atoms with Crippen LogP contribution in [-0.4, -0.2) is 37.1 Å². The molecule has 1 fully saturated rings. The summed E-state index contributed by atoms with van der Waals surface area (Å²) in [6.45, 7) is 5.28. The number of benzene rings is 2. The second-order valence-electron chi connectivity index (χ2n) is 7.55. The van der Waals surface area contributed by atoms with Crippen molar-refractivity contribution in [2.24, 2.45) is 0 Å². The molecule has 32 heavy (non-hydrogen) atoms. The summed E-state index contributed by atoms with van der Waals surface area (Å²) in [5, 5.41) is 3.28. The molecule has 1 aliphatic rings. The molecular weight excluding hydrogens is 419 g/mol. The fourth-order valence-electron chi connectivity index (χ4n) is 3.72. The molecule has 0 unspecified atom stereocenters. The van der Waals surface area contributed by atoms with E-state index in [0.717, 1.165) is 49.7 Å². The van der Waals surface area contributed by atoms with Crippen molar-refractivity contribution in [3.05, 3.63) is 77.5 Å². The van der Waals surface area contributed by atoms with Crippen LogP contribution in [0.3, 0.4) is 0 Å². The zero-order chi connectivity index (χ0) is 22.7. The lowest BCUT2D eigenvalue weighted by atomic mass is 9.94. The maximum Gasteiger partial charge on any atom is 0.416 e. The molecule has 0 radical (unpaired) electrons. The first-order chi connectivity index (χ1) is 15.3. The lowest BCUT2D eigenvalue weighted by Crippen LogP contribution is -2.43. The number of alkyl halides is 3. The molecule has 1 N–H and O–H groups in total. The number of anilines is 1. The van der Waals surface area contributed by atoms with Gasteiger partial charge in [0.15, 0.2) is 0 Å². The number of ether oxygens (including phenoxy) is 1. The summed E-state index contributed by atoms with van der Waals surface area (Å²) in [7, 11) is 0. The van der Waals surface area contributed by atoms with Crippen molar-refractivity contribution in [3.63, 3.8) is 0 Å². The van der Waals surface area contributed by atoms with E-state index in [4.69, 9.17) is 4.74 Å². The maximum absolute atomic E-state index is 12.9. The van der Waals surface area contributed by atoms with Gasteiger partial charge in [0.2, 0.25) is 0 Å². The van der Waals surface area contributed by atoms with Crippen LogP contribution in [0.4, 0.5) is 19.0 Å². The van der Waals surface area contributed by atoms with E-state index in [0.29, 0.717) is 16.9 Å². The Hall–Kier alpha value is -3.39. The number of carbonyl (C=O) groups excluding carboxylic acids is 1. The lowest BCUT2D eigenvalue weighted by molar-refractivity contribution is -0.137. The Bertz CT molecular complexity index is 1090. The van der Waals surface area contributed by atoms with Crippen molar-refractivity contribution in [1.82, 2.24) is 10.3 Å². The molecular formula is C24H22F3N3O2. The molecule has 166 valence electrons. The van der Waals surface area contributed by atoms with E-state index in [1.807, 2.05) is 0 Å². The third kappa shape index (κ3) is 4.75. The number of rotatable bonds is 4. The standard InChI is InChI=1S/C24H22F3N3O2/c1-16-3-2-4-20(22(16)17-5-7-18(8-6-17)24(25,26)27)23(31)32-19-9-10-21(29-15-19)30-13-11-28-12-14-30/h2-10,15,28H,11-14H2,1H3. The predicted molar refractivity (Wildman–Crippen MR) is 116 cm³/mol. The summed E-state index contributed by atoms with van der Waals surface area (Å²) in [6, 6.07) is 13.4. The van der Waals surface area contributed by atoms with Gasteiger partial charge in [0, 0.05) is 26.2 Å². The van der Waals surface area contributed by atoms with Gasteiger partial charge in [0.05, 0.1) is 17.3 Å². The van der Waals surface area contributed by atoms with Crippen molar-refractivity contribution >= 4 is 11.8 Å². The molecule has 4 rings (SSSR count). The Morgan fingerprint density at radius 2 is 1.75 bits per heavy atom. The summed E-state index contributed by atoms with van der Waals surface area (Å²) in [5.74, 6) is 0.515. The summed E-state index contributed by atoms with van der Waals surface area (Å²) in [5.41, 5.74) is 1.34. The number of esters is 1. The molecule has 0 aliphatic carbocycles. The second-order valence-corrected chi connectivity index (χ2v) is 7.55. The van der Waals surface area contributed by atoms with E-state index in [9.17, 15) is 18.0 Å². The second kappa shape index (κ2) is 9.00. The average molecular weight is 441 g/mol. The molecule has 3 aromatic rings. The van der Waals surface area contributed by atoms with E-state index in [1.54, 1.807) is 37.3 Å². The molecule has 8 heteroatoms. The van der Waals surface area contributed by atoms with Crippen LogP contribution in [0, 0.1) is 6.92 Å². The van der Waals surface area contributed by atoms with Gasteiger partial charge in [-0.3, -0.25) is 0 Å². The Morgan fingerprint density at radius 3 is 2.38 bits per heavy atom. The molecule has 1 aliphatic heterocycles. The number of aryl methyl sites for hydroxylation is 1. The zero-order valence-electron chi connectivity index (χ0n) is 17.4. The quantitative estimate of drug-likeness (QED) is 0.595. The Balaban J connectivity index is 1.56. The van der Waals surface area contributed by atoms with Gasteiger partial charge >= 0.3 is 12.1 Å². The number of carbonyl (C=O) groups is 1. The fourth-order valence-corrected chi connectivity index (χ4v) is 3.72. The molecule has 0 bridgehead atoms. The minimum atomic E-state index is -4.42. The number of nitrogens with zero attached hydrogens (tertiary/aromatic N) is 2. The fraction of sp³-hybridized carbons (Fsp3) is 0.250. The molecule has 1 saturated heterocycles. The topological polar surface area (TPSA) is 54.5 Å². The van der Waals surface area contributed by atoms with Gasteiger partial charge in [-0.05, 0) is 53.9 Å². The molecule has 2 heterocycles. The van der Waals surface area contributed by atoms with E-state index in [2.05, 4.69) is 15.2 Å². The highest BCUT2D eigenvalue weighted by atomic mass is 19.4. The van der Waals surface area contributed by atoms with E-state index >= 15 is 0 Å². The van der Waals surface area contributed by atoms with Gasteiger partial charge in [0.1, 0.15) is 11.6 Å². The van der Waals surface area contributed by atoms with Crippen LogP contribution in [0.1, 0.15) is 21.5 Å². The highest BCUT2D eigenvalue weighted by Gasteiger charge is 2.30. The predicted octanol–water partition coefficient (Wildman–Crippen LogP) is 4.70. The first-order valence-electron chi connectivity index (χ1n) is 10.2. The van der Waals surface area contributed by atoms with Crippen molar-refractivity contribution in [2.75, 3.05) is 31.1 Å². The van der Waals surface area contributed by atoms with Crippen molar-refractivity contribution < 1.29 is 22.7 Å². The molecule has 5 nitrogen and oxygen atoms in total. The number of halogens is 3. The first-order valence-corrected chi connectivity index (χ1v) is 10.2. The lowest BCUT2D eigenvalue weighted by Gasteiger charge is -2.28. The highest BCUT2D eigenvalue weighted by molar-refractivity contribution is 5.99. The minimum Gasteiger partial charge on any atom is -0.421 e. The molecule has 0 amide bonds. The van der Waals surface area contributed by atoms with Crippen LogP contribution in [-0.2, 0) is 6.18 Å². The van der Waals surface area contributed by atoms with Gasteiger partial charge in [-0.15, -0.1) is 0 Å². The number of hydrogen-bond acceptors (Lipinski definition) is 5. The monoisotopic (exact) mass is 441 g/mol. The molecule has 0 atom stereocenters. The van der Waals surface area contributed by atoms with Gasteiger partial charge in [-0.1, -0.05) is 24.3 Å². The minimum absolute atomic E-state index is 0.274. The Labute approximate surface area is 183 Å². The highest BCUT2D eigenvalue weighted by Crippen LogP contribution is 2.33. The van der Waals surface area contributed by atoms with Crippen LogP contribution >= 0.6 is 0 Å².